The van der Waals surface area contributed by atoms with Gasteiger partial charge in [-0.1, -0.05) is 42.5 Å². The molecule has 4 nitrogen and oxygen atoms in total. The fourth-order valence-corrected chi connectivity index (χ4v) is 5.48. The molecule has 30 heavy (non-hydrogen) atoms. The molecule has 1 aliphatic heterocycles. The number of para-hydroxylation sites is 1. The summed E-state index contributed by atoms with van der Waals surface area (Å²) in [4.78, 5) is 18.6. The maximum atomic E-state index is 13.3. The van der Waals surface area contributed by atoms with E-state index in [9.17, 15) is 4.79 Å². The van der Waals surface area contributed by atoms with Crippen LogP contribution in [0, 0.1) is 5.92 Å². The van der Waals surface area contributed by atoms with Gasteiger partial charge in [0.05, 0.1) is 12.6 Å². The number of ether oxygens (including phenoxy) is 1. The minimum absolute atomic E-state index is 0.0779. The first kappa shape index (κ1) is 19.4. The number of hydrogen-bond acceptors (Lipinski definition) is 2. The average molecular weight is 403 g/mol. The van der Waals surface area contributed by atoms with Gasteiger partial charge in [-0.15, -0.1) is 0 Å². The third kappa shape index (κ3) is 3.65. The number of fused-ring (bicyclic) bond motifs is 2. The number of likely N-dealkylation sites (N-methyl/N-ethyl adjacent to an activating group) is 1. The highest BCUT2D eigenvalue weighted by Gasteiger charge is 2.33. The molecule has 5 rings (SSSR count). The van der Waals surface area contributed by atoms with E-state index in [0.717, 1.165) is 30.4 Å². The normalized spacial score (nSPS) is 23.4. The molecular formula is C26H30N2O2. The van der Waals surface area contributed by atoms with Gasteiger partial charge in [0, 0.05) is 24.1 Å². The number of H-pyrrole nitrogens is 1. The number of aryl methyl sites for hydroxylation is 1. The first-order valence-electron chi connectivity index (χ1n) is 11.3. The number of nitrogens with one attached hydrogen (secondary N) is 1. The number of benzene rings is 2. The molecule has 1 saturated heterocycles. The Labute approximate surface area is 178 Å². The lowest BCUT2D eigenvalue weighted by Gasteiger charge is -2.37. The molecule has 3 atom stereocenters. The fraction of sp³-hybridized carbons (Fsp3) is 0.423. The molecule has 1 fully saturated rings. The van der Waals surface area contributed by atoms with Crippen LogP contribution >= 0.6 is 0 Å². The van der Waals surface area contributed by atoms with Crippen molar-refractivity contribution in [2.24, 2.45) is 5.92 Å². The SMILES string of the molecule is CCN(C(=O)c1cc2ccccc2[nH]1)[C@H]1COC[C@H](C[C@@H]2CCc3ccccc32)C1. The Bertz CT molecular complexity index is 1010. The zero-order chi connectivity index (χ0) is 20.5. The van der Waals surface area contributed by atoms with E-state index in [0.29, 0.717) is 30.7 Å². The molecule has 1 aromatic heterocycles. The van der Waals surface area contributed by atoms with E-state index in [4.69, 9.17) is 4.74 Å². The van der Waals surface area contributed by atoms with Crippen molar-refractivity contribution in [1.29, 1.82) is 0 Å². The number of nitrogens with zero attached hydrogens (tertiary/aromatic N) is 1. The third-order valence-electron chi connectivity index (χ3n) is 6.95. The second kappa shape index (κ2) is 8.27. The van der Waals surface area contributed by atoms with Crippen LogP contribution in [0.4, 0.5) is 0 Å². The second-order valence-corrected chi connectivity index (χ2v) is 8.82. The standard InChI is InChI=1S/C26H30N2O2/c1-2-28(26(29)25-15-21-8-4-6-10-24(21)27-25)22-14-18(16-30-17-22)13-20-12-11-19-7-3-5-9-23(19)20/h3-10,15,18,20,22,27H,2,11-14,16-17H2,1H3/t18-,20+,22-/m1/s1. The summed E-state index contributed by atoms with van der Waals surface area (Å²) >= 11 is 0. The molecule has 2 aliphatic rings. The topological polar surface area (TPSA) is 45.3 Å². The number of carbonyl (C=O) groups excluding carboxylic acids is 1. The van der Waals surface area contributed by atoms with Gasteiger partial charge in [-0.25, -0.2) is 0 Å². The molecule has 4 heteroatoms. The van der Waals surface area contributed by atoms with E-state index in [2.05, 4.69) is 36.2 Å². The lowest BCUT2D eigenvalue weighted by molar-refractivity contribution is -0.0118. The van der Waals surface area contributed by atoms with Gasteiger partial charge in [-0.2, -0.15) is 0 Å². The van der Waals surface area contributed by atoms with Gasteiger partial charge >= 0.3 is 0 Å². The van der Waals surface area contributed by atoms with Crippen LogP contribution in [0.3, 0.4) is 0 Å². The molecule has 1 amide bonds. The zero-order valence-electron chi connectivity index (χ0n) is 17.6. The number of hydrogen-bond donors (Lipinski definition) is 1. The molecule has 3 aromatic rings. The van der Waals surface area contributed by atoms with E-state index in [1.54, 1.807) is 0 Å². The lowest BCUT2D eigenvalue weighted by atomic mass is 9.85. The highest BCUT2D eigenvalue weighted by molar-refractivity contribution is 5.98. The van der Waals surface area contributed by atoms with E-state index < -0.39 is 0 Å². The second-order valence-electron chi connectivity index (χ2n) is 8.82. The van der Waals surface area contributed by atoms with Crippen molar-refractivity contribution >= 4 is 16.8 Å². The third-order valence-corrected chi connectivity index (χ3v) is 6.95. The van der Waals surface area contributed by atoms with Crippen LogP contribution in [0.25, 0.3) is 10.9 Å². The molecule has 0 spiro atoms. The van der Waals surface area contributed by atoms with Gasteiger partial charge in [0.2, 0.25) is 0 Å². The Balaban J connectivity index is 1.29. The summed E-state index contributed by atoms with van der Waals surface area (Å²) in [5.74, 6) is 1.21. The number of carbonyl (C=O) groups is 1. The Morgan fingerprint density at radius 1 is 1.13 bits per heavy atom. The molecule has 0 radical (unpaired) electrons. The maximum absolute atomic E-state index is 13.3. The Morgan fingerprint density at radius 2 is 1.97 bits per heavy atom. The van der Waals surface area contributed by atoms with Crippen LogP contribution in [0.1, 0.15) is 53.7 Å². The molecule has 0 unspecified atom stereocenters. The molecule has 1 N–H and O–H groups in total. The predicted octanol–water partition coefficient (Wildman–Crippen LogP) is 5.16. The van der Waals surface area contributed by atoms with Crippen molar-refractivity contribution in [2.75, 3.05) is 19.8 Å². The van der Waals surface area contributed by atoms with Crippen LogP contribution < -0.4 is 0 Å². The van der Waals surface area contributed by atoms with Gasteiger partial charge in [0.25, 0.3) is 5.91 Å². The highest BCUT2D eigenvalue weighted by Crippen LogP contribution is 2.39. The van der Waals surface area contributed by atoms with Crippen molar-refractivity contribution < 1.29 is 9.53 Å². The van der Waals surface area contributed by atoms with E-state index in [1.165, 1.54) is 24.0 Å². The Hall–Kier alpha value is -2.59. The Kier molecular flexibility index (Phi) is 5.34. The summed E-state index contributed by atoms with van der Waals surface area (Å²) in [6, 6.07) is 19.0. The minimum Gasteiger partial charge on any atom is -0.379 e. The zero-order valence-corrected chi connectivity index (χ0v) is 17.6. The summed E-state index contributed by atoms with van der Waals surface area (Å²) < 4.78 is 6.02. The molecule has 2 aromatic carbocycles. The number of aromatic amines is 1. The van der Waals surface area contributed by atoms with Gasteiger partial charge in [-0.05, 0) is 67.7 Å². The van der Waals surface area contributed by atoms with Crippen molar-refractivity contribution in [3.63, 3.8) is 0 Å². The smallest absolute Gasteiger partial charge is 0.270 e. The Morgan fingerprint density at radius 3 is 2.83 bits per heavy atom. The quantitative estimate of drug-likeness (QED) is 0.641. The summed E-state index contributed by atoms with van der Waals surface area (Å²) in [7, 11) is 0. The molecule has 156 valence electrons. The van der Waals surface area contributed by atoms with E-state index in [1.807, 2.05) is 35.2 Å². The molecule has 1 aliphatic carbocycles. The van der Waals surface area contributed by atoms with Gasteiger partial charge < -0.3 is 14.6 Å². The predicted molar refractivity (Wildman–Crippen MR) is 120 cm³/mol. The highest BCUT2D eigenvalue weighted by atomic mass is 16.5. The molecule has 2 heterocycles. The van der Waals surface area contributed by atoms with E-state index >= 15 is 0 Å². The van der Waals surface area contributed by atoms with Gasteiger partial charge in [0.1, 0.15) is 5.69 Å². The van der Waals surface area contributed by atoms with E-state index in [-0.39, 0.29) is 11.9 Å². The summed E-state index contributed by atoms with van der Waals surface area (Å²) in [5, 5.41) is 1.08. The number of amides is 1. The van der Waals surface area contributed by atoms with Gasteiger partial charge in [0.15, 0.2) is 0 Å². The first-order valence-corrected chi connectivity index (χ1v) is 11.3. The largest absolute Gasteiger partial charge is 0.379 e. The molecule has 0 bridgehead atoms. The maximum Gasteiger partial charge on any atom is 0.270 e. The van der Waals surface area contributed by atoms with Crippen molar-refractivity contribution in [3.05, 3.63) is 71.4 Å². The first-order chi connectivity index (χ1) is 14.7. The monoisotopic (exact) mass is 402 g/mol. The average Bonchev–Trinajstić information content (AvgIpc) is 3.39. The van der Waals surface area contributed by atoms with Crippen LogP contribution in [0.5, 0.6) is 0 Å². The van der Waals surface area contributed by atoms with Crippen LogP contribution in [-0.4, -0.2) is 41.6 Å². The van der Waals surface area contributed by atoms with Crippen molar-refractivity contribution in [2.45, 2.75) is 44.6 Å². The minimum atomic E-state index is 0.0779. The summed E-state index contributed by atoms with van der Waals surface area (Å²) in [6.45, 7) is 4.21. The lowest BCUT2D eigenvalue weighted by Crippen LogP contribution is -2.47. The molecular weight excluding hydrogens is 372 g/mol. The van der Waals surface area contributed by atoms with Crippen LogP contribution in [0.15, 0.2) is 54.6 Å². The summed E-state index contributed by atoms with van der Waals surface area (Å²) in [6.07, 6.45) is 4.62. The fourth-order valence-electron chi connectivity index (χ4n) is 5.48. The van der Waals surface area contributed by atoms with Gasteiger partial charge in [-0.3, -0.25) is 4.79 Å². The van der Waals surface area contributed by atoms with Crippen LogP contribution in [-0.2, 0) is 11.2 Å². The summed E-state index contributed by atoms with van der Waals surface area (Å²) in [5.41, 5.74) is 4.72. The van der Waals surface area contributed by atoms with Crippen molar-refractivity contribution in [3.8, 4) is 0 Å². The number of rotatable bonds is 5. The van der Waals surface area contributed by atoms with Crippen molar-refractivity contribution in [1.82, 2.24) is 9.88 Å². The van der Waals surface area contributed by atoms with Crippen LogP contribution in [0.2, 0.25) is 0 Å². The molecule has 0 saturated carbocycles. The number of aromatic nitrogens is 1.